The summed E-state index contributed by atoms with van der Waals surface area (Å²) < 4.78 is 32.9. The number of nitrogens with zero attached hydrogens (tertiary/aromatic N) is 1. The molecule has 106 valence electrons. The summed E-state index contributed by atoms with van der Waals surface area (Å²) in [6.07, 6.45) is 0.120. The number of nitrogens with two attached hydrogens (primary N) is 1. The van der Waals surface area contributed by atoms with Gasteiger partial charge in [-0.05, 0) is 35.4 Å². The molecule has 2 aromatic carbocycles. The van der Waals surface area contributed by atoms with Gasteiger partial charge in [-0.25, -0.2) is 8.78 Å². The van der Waals surface area contributed by atoms with Gasteiger partial charge in [-0.3, -0.25) is 0 Å². The van der Waals surface area contributed by atoms with Gasteiger partial charge in [-0.15, -0.1) is 0 Å². The van der Waals surface area contributed by atoms with E-state index in [1.165, 1.54) is 18.2 Å². The van der Waals surface area contributed by atoms with Gasteiger partial charge < -0.3 is 10.5 Å². The zero-order chi connectivity index (χ0) is 15.0. The first-order valence-electron chi connectivity index (χ1n) is 6.47. The number of halogens is 2. The highest BCUT2D eigenvalue weighted by atomic mass is 19.1. The summed E-state index contributed by atoms with van der Waals surface area (Å²) in [6, 6.07) is 8.37. The summed E-state index contributed by atoms with van der Waals surface area (Å²) in [6.45, 7) is 0.232. The third kappa shape index (κ3) is 2.46. The molecule has 3 nitrogen and oxygen atoms in total. The number of benzene rings is 2. The Labute approximate surface area is 120 Å². The van der Waals surface area contributed by atoms with Crippen LogP contribution in [0.2, 0.25) is 0 Å². The molecule has 2 aromatic rings. The molecule has 2 N–H and O–H groups in total. The minimum absolute atomic E-state index is 0.120. The quantitative estimate of drug-likeness (QED) is 0.923. The molecule has 0 aliphatic carbocycles. The van der Waals surface area contributed by atoms with E-state index in [0.717, 1.165) is 5.56 Å². The molecule has 3 rings (SSSR count). The van der Waals surface area contributed by atoms with Crippen LogP contribution in [0.15, 0.2) is 30.3 Å². The molecule has 1 aliphatic rings. The molecule has 0 saturated heterocycles. The molecule has 21 heavy (non-hydrogen) atoms. The topological polar surface area (TPSA) is 59.0 Å². The second-order valence-corrected chi connectivity index (χ2v) is 4.97. The van der Waals surface area contributed by atoms with Crippen LogP contribution in [0.25, 0.3) is 11.1 Å². The molecule has 1 unspecified atom stereocenters. The highest BCUT2D eigenvalue weighted by Gasteiger charge is 2.21. The average molecular weight is 286 g/mol. The Balaban J connectivity index is 2.06. The van der Waals surface area contributed by atoms with Crippen molar-refractivity contribution in [2.75, 3.05) is 0 Å². The molecule has 1 heterocycles. The maximum atomic E-state index is 14.2. The van der Waals surface area contributed by atoms with Crippen LogP contribution >= 0.6 is 0 Å². The fraction of sp³-hybridized carbons (Fsp3) is 0.188. The van der Waals surface area contributed by atoms with Crippen molar-refractivity contribution in [1.29, 1.82) is 5.26 Å². The van der Waals surface area contributed by atoms with Gasteiger partial charge in [-0.2, -0.15) is 5.26 Å². The second kappa shape index (κ2) is 5.15. The molecule has 0 bridgehead atoms. The predicted molar refractivity (Wildman–Crippen MR) is 73.4 cm³/mol. The number of ether oxygens (including phenoxy) is 1. The van der Waals surface area contributed by atoms with Crippen LogP contribution in [0.5, 0.6) is 5.75 Å². The lowest BCUT2D eigenvalue weighted by Gasteiger charge is -2.22. The average Bonchev–Trinajstić information content (AvgIpc) is 2.47. The van der Waals surface area contributed by atoms with E-state index in [-0.39, 0.29) is 18.8 Å². The Bertz CT molecular complexity index is 753. The van der Waals surface area contributed by atoms with Gasteiger partial charge >= 0.3 is 0 Å². The molecule has 1 atom stereocenters. The molecule has 5 heteroatoms. The third-order valence-corrected chi connectivity index (χ3v) is 3.49. The first-order valence-corrected chi connectivity index (χ1v) is 6.47. The predicted octanol–water partition coefficient (Wildman–Crippen LogP) is 2.92. The lowest BCUT2D eigenvalue weighted by Crippen LogP contribution is -2.21. The van der Waals surface area contributed by atoms with Crippen molar-refractivity contribution in [3.05, 3.63) is 53.1 Å². The first-order chi connectivity index (χ1) is 10.1. The van der Waals surface area contributed by atoms with Gasteiger partial charge in [-0.1, -0.05) is 6.07 Å². The minimum atomic E-state index is -0.762. The van der Waals surface area contributed by atoms with Crippen molar-refractivity contribution in [3.63, 3.8) is 0 Å². The van der Waals surface area contributed by atoms with Gasteiger partial charge in [0.1, 0.15) is 24.0 Å². The molecule has 0 aromatic heterocycles. The Hall–Kier alpha value is -2.45. The number of rotatable bonds is 2. The number of nitriles is 1. The van der Waals surface area contributed by atoms with E-state index >= 15 is 0 Å². The van der Waals surface area contributed by atoms with Crippen molar-refractivity contribution in [1.82, 2.24) is 0 Å². The van der Waals surface area contributed by atoms with E-state index in [2.05, 4.69) is 0 Å². The van der Waals surface area contributed by atoms with E-state index in [4.69, 9.17) is 15.7 Å². The SMILES string of the molecule is N#CC(N)Cc1cc2c(cc1F)-c1ccc(F)cc1CO2. The van der Waals surface area contributed by atoms with Crippen molar-refractivity contribution >= 4 is 0 Å². The molecule has 1 aliphatic heterocycles. The molecule has 0 saturated carbocycles. The molecule has 0 radical (unpaired) electrons. The van der Waals surface area contributed by atoms with E-state index in [1.54, 1.807) is 12.1 Å². The van der Waals surface area contributed by atoms with Gasteiger partial charge in [0, 0.05) is 17.5 Å². The summed E-state index contributed by atoms with van der Waals surface area (Å²) in [7, 11) is 0. The fourth-order valence-electron chi connectivity index (χ4n) is 2.46. The normalized spacial score (nSPS) is 13.6. The van der Waals surface area contributed by atoms with Crippen molar-refractivity contribution in [2.24, 2.45) is 5.73 Å². The molecule has 0 fully saturated rings. The summed E-state index contributed by atoms with van der Waals surface area (Å²) in [5.41, 5.74) is 7.90. The highest BCUT2D eigenvalue weighted by Crippen LogP contribution is 2.39. The van der Waals surface area contributed by atoms with Gasteiger partial charge in [0.25, 0.3) is 0 Å². The van der Waals surface area contributed by atoms with Gasteiger partial charge in [0.15, 0.2) is 0 Å². The van der Waals surface area contributed by atoms with Crippen LogP contribution in [0, 0.1) is 23.0 Å². The van der Waals surface area contributed by atoms with Crippen LogP contribution < -0.4 is 10.5 Å². The van der Waals surface area contributed by atoms with Crippen molar-refractivity contribution in [2.45, 2.75) is 19.1 Å². The molecule has 0 spiro atoms. The summed E-state index contributed by atoms with van der Waals surface area (Å²) >= 11 is 0. The van der Waals surface area contributed by atoms with Crippen LogP contribution in [0.4, 0.5) is 8.78 Å². The fourth-order valence-corrected chi connectivity index (χ4v) is 2.46. The Kier molecular flexibility index (Phi) is 3.32. The van der Waals surface area contributed by atoms with E-state index in [9.17, 15) is 8.78 Å². The standard InChI is InChI=1S/C16H12F2N2O/c17-11-1-2-13-10(3-11)8-21-16-5-9(4-12(20)7-19)15(18)6-14(13)16/h1-3,5-6,12H,4,8,20H2. The highest BCUT2D eigenvalue weighted by molar-refractivity contribution is 5.75. The summed E-state index contributed by atoms with van der Waals surface area (Å²) in [4.78, 5) is 0. The monoisotopic (exact) mass is 286 g/mol. The zero-order valence-corrected chi connectivity index (χ0v) is 11.1. The van der Waals surface area contributed by atoms with Crippen molar-refractivity contribution < 1.29 is 13.5 Å². The lowest BCUT2D eigenvalue weighted by atomic mass is 9.94. The Morgan fingerprint density at radius 3 is 2.81 bits per heavy atom. The van der Waals surface area contributed by atoms with E-state index in [0.29, 0.717) is 22.4 Å². The number of hydrogen-bond acceptors (Lipinski definition) is 3. The maximum Gasteiger partial charge on any atom is 0.128 e. The minimum Gasteiger partial charge on any atom is -0.488 e. The zero-order valence-electron chi connectivity index (χ0n) is 11.1. The van der Waals surface area contributed by atoms with Crippen LogP contribution in [-0.4, -0.2) is 6.04 Å². The van der Waals surface area contributed by atoms with E-state index in [1.807, 2.05) is 6.07 Å². The van der Waals surface area contributed by atoms with Crippen LogP contribution in [0.3, 0.4) is 0 Å². The van der Waals surface area contributed by atoms with Gasteiger partial charge in [0.05, 0.1) is 12.1 Å². The largest absolute Gasteiger partial charge is 0.488 e. The maximum absolute atomic E-state index is 14.2. The molecular weight excluding hydrogens is 274 g/mol. The summed E-state index contributed by atoms with van der Waals surface area (Å²) in [5.74, 6) is -0.270. The van der Waals surface area contributed by atoms with Crippen LogP contribution in [0.1, 0.15) is 11.1 Å². The van der Waals surface area contributed by atoms with Crippen LogP contribution in [-0.2, 0) is 13.0 Å². The van der Waals surface area contributed by atoms with Crippen molar-refractivity contribution in [3.8, 4) is 22.9 Å². The lowest BCUT2D eigenvalue weighted by molar-refractivity contribution is 0.300. The number of fused-ring (bicyclic) bond motifs is 3. The molecular formula is C16H12F2N2O. The smallest absolute Gasteiger partial charge is 0.128 e. The first kappa shape index (κ1) is 13.5. The number of hydrogen-bond donors (Lipinski definition) is 1. The Morgan fingerprint density at radius 2 is 2.05 bits per heavy atom. The summed E-state index contributed by atoms with van der Waals surface area (Å²) in [5, 5.41) is 8.72. The van der Waals surface area contributed by atoms with E-state index < -0.39 is 11.9 Å². The van der Waals surface area contributed by atoms with Gasteiger partial charge in [0.2, 0.25) is 0 Å². The molecule has 0 amide bonds. The second-order valence-electron chi connectivity index (χ2n) is 4.97. The third-order valence-electron chi connectivity index (χ3n) is 3.49. The Morgan fingerprint density at radius 1 is 1.24 bits per heavy atom.